The molecule has 1 aromatic heterocycles. The molecule has 31 heavy (non-hydrogen) atoms. The van der Waals surface area contributed by atoms with Crippen LogP contribution >= 0.6 is 0 Å². The number of hydrogen-bond acceptors (Lipinski definition) is 7. The molecular formula is C22H32N8O. The number of rotatable bonds is 6. The molecule has 166 valence electrons. The first-order chi connectivity index (χ1) is 14.8. The van der Waals surface area contributed by atoms with Crippen LogP contribution in [0.25, 0.3) is 11.1 Å². The average molecular weight is 425 g/mol. The summed E-state index contributed by atoms with van der Waals surface area (Å²) in [5, 5.41) is 4.32. The Labute approximate surface area is 184 Å². The van der Waals surface area contributed by atoms with Gasteiger partial charge in [-0.05, 0) is 19.7 Å². The standard InChI is InChI=1S/C22H32N8O/c1-16(25-14-22(24-2)27(3)4)29-7-9-30(10-8-29)20-12-21(31-6)19(23)11-18(20)17-13-26-28(5)15-17/h11-15H,2,7-10,23H2,1,3-6H3/b22-14+,25-16?. The van der Waals surface area contributed by atoms with Crippen molar-refractivity contribution in [2.45, 2.75) is 6.92 Å². The number of nitrogens with zero attached hydrogens (tertiary/aromatic N) is 7. The molecule has 0 bridgehead atoms. The van der Waals surface area contributed by atoms with Crippen molar-refractivity contribution >= 4 is 23.9 Å². The van der Waals surface area contributed by atoms with Gasteiger partial charge in [0, 0.05) is 76.4 Å². The van der Waals surface area contributed by atoms with Crippen molar-refractivity contribution in [3.8, 4) is 16.9 Å². The number of aromatic nitrogens is 2. The summed E-state index contributed by atoms with van der Waals surface area (Å²) in [7, 11) is 7.40. The third-order valence-corrected chi connectivity index (χ3v) is 5.43. The summed E-state index contributed by atoms with van der Waals surface area (Å²) < 4.78 is 7.29. The van der Waals surface area contributed by atoms with Crippen LogP contribution in [0.15, 0.2) is 46.5 Å². The van der Waals surface area contributed by atoms with Crippen LogP contribution in [0.3, 0.4) is 0 Å². The summed E-state index contributed by atoms with van der Waals surface area (Å²) in [6.07, 6.45) is 5.61. The second kappa shape index (κ2) is 9.55. The topological polar surface area (TPSA) is 87.5 Å². The molecule has 9 nitrogen and oxygen atoms in total. The van der Waals surface area contributed by atoms with Gasteiger partial charge in [0.15, 0.2) is 0 Å². The highest BCUT2D eigenvalue weighted by Gasteiger charge is 2.22. The minimum Gasteiger partial charge on any atom is -0.495 e. The normalized spacial score (nSPS) is 15.3. The van der Waals surface area contributed by atoms with Crippen LogP contribution in [-0.4, -0.2) is 79.5 Å². The summed E-state index contributed by atoms with van der Waals surface area (Å²) in [4.78, 5) is 15.1. The van der Waals surface area contributed by atoms with E-state index in [9.17, 15) is 0 Å². The van der Waals surface area contributed by atoms with Crippen LogP contribution in [0, 0.1) is 0 Å². The molecule has 1 aliphatic heterocycles. The van der Waals surface area contributed by atoms with Crippen LogP contribution in [0.4, 0.5) is 11.4 Å². The number of piperazine rings is 1. The van der Waals surface area contributed by atoms with E-state index in [0.29, 0.717) is 11.4 Å². The molecule has 0 spiro atoms. The zero-order chi connectivity index (χ0) is 22.5. The summed E-state index contributed by atoms with van der Waals surface area (Å²) in [5.74, 6) is 2.37. The van der Waals surface area contributed by atoms with E-state index in [1.807, 2.05) is 57.5 Å². The molecule has 0 atom stereocenters. The van der Waals surface area contributed by atoms with Gasteiger partial charge in [0.1, 0.15) is 17.4 Å². The van der Waals surface area contributed by atoms with E-state index in [1.165, 1.54) is 0 Å². The molecule has 3 rings (SSSR count). The van der Waals surface area contributed by atoms with E-state index < -0.39 is 0 Å². The fourth-order valence-electron chi connectivity index (χ4n) is 3.62. The Balaban J connectivity index is 1.81. The van der Waals surface area contributed by atoms with Gasteiger partial charge in [-0.25, -0.2) is 9.98 Å². The highest BCUT2D eigenvalue weighted by atomic mass is 16.5. The zero-order valence-electron chi connectivity index (χ0n) is 19.0. The summed E-state index contributed by atoms with van der Waals surface area (Å²) in [5.41, 5.74) is 10.0. The van der Waals surface area contributed by atoms with E-state index in [1.54, 1.807) is 18.0 Å². The van der Waals surface area contributed by atoms with Gasteiger partial charge in [-0.3, -0.25) is 4.68 Å². The number of aliphatic imine (C=N–C) groups is 2. The van der Waals surface area contributed by atoms with Crippen LogP contribution < -0.4 is 15.4 Å². The highest BCUT2D eigenvalue weighted by Crippen LogP contribution is 2.38. The quantitative estimate of drug-likeness (QED) is 0.435. The molecule has 1 aromatic carbocycles. The van der Waals surface area contributed by atoms with Crippen LogP contribution in [0.5, 0.6) is 5.75 Å². The molecule has 1 aliphatic rings. The lowest BCUT2D eigenvalue weighted by atomic mass is 10.0. The third-order valence-electron chi connectivity index (χ3n) is 5.43. The SMILES string of the molecule is C=N/C(=C\N=C(C)N1CCN(c2cc(OC)c(N)cc2-c2cnn(C)c2)CC1)N(C)C. The molecule has 0 aliphatic carbocycles. The van der Waals surface area contributed by atoms with E-state index in [-0.39, 0.29) is 0 Å². The molecular weight excluding hydrogens is 392 g/mol. The van der Waals surface area contributed by atoms with E-state index >= 15 is 0 Å². The number of anilines is 2. The van der Waals surface area contributed by atoms with Crippen molar-refractivity contribution in [1.29, 1.82) is 0 Å². The summed E-state index contributed by atoms with van der Waals surface area (Å²) in [6.45, 7) is 9.06. The second-order valence-corrected chi connectivity index (χ2v) is 7.70. The number of nitrogens with two attached hydrogens (primary N) is 1. The Morgan fingerprint density at radius 2 is 1.97 bits per heavy atom. The minimum atomic E-state index is 0.617. The second-order valence-electron chi connectivity index (χ2n) is 7.70. The predicted octanol–water partition coefficient (Wildman–Crippen LogP) is 2.28. The largest absolute Gasteiger partial charge is 0.495 e. The summed E-state index contributed by atoms with van der Waals surface area (Å²) >= 11 is 0. The van der Waals surface area contributed by atoms with Gasteiger partial charge in [-0.1, -0.05) is 0 Å². The highest BCUT2D eigenvalue weighted by molar-refractivity contribution is 5.84. The van der Waals surface area contributed by atoms with Gasteiger partial charge < -0.3 is 25.2 Å². The molecule has 2 heterocycles. The van der Waals surface area contributed by atoms with Crippen molar-refractivity contribution in [3.05, 3.63) is 36.5 Å². The van der Waals surface area contributed by atoms with E-state index in [0.717, 1.165) is 54.6 Å². The third kappa shape index (κ3) is 4.99. The molecule has 0 unspecified atom stereocenters. The first-order valence-corrected chi connectivity index (χ1v) is 10.2. The Morgan fingerprint density at radius 3 is 2.52 bits per heavy atom. The molecule has 1 saturated heterocycles. The number of benzene rings is 1. The van der Waals surface area contributed by atoms with Crippen molar-refractivity contribution in [2.75, 3.05) is 58.0 Å². The number of ether oxygens (including phenoxy) is 1. The Bertz CT molecular complexity index is 983. The predicted molar refractivity (Wildman–Crippen MR) is 128 cm³/mol. The molecule has 0 radical (unpaired) electrons. The number of aryl methyl sites for hydroxylation is 1. The van der Waals surface area contributed by atoms with Gasteiger partial charge in [-0.15, -0.1) is 0 Å². The van der Waals surface area contributed by atoms with Gasteiger partial charge in [-0.2, -0.15) is 5.10 Å². The lowest BCUT2D eigenvalue weighted by Gasteiger charge is -2.38. The molecule has 0 amide bonds. The maximum atomic E-state index is 6.21. The number of amidine groups is 1. The molecule has 1 fully saturated rings. The van der Waals surface area contributed by atoms with Crippen LogP contribution in [0.2, 0.25) is 0 Å². The van der Waals surface area contributed by atoms with Gasteiger partial charge in [0.05, 0.1) is 25.2 Å². The maximum Gasteiger partial charge on any atom is 0.145 e. The van der Waals surface area contributed by atoms with Crippen LogP contribution in [0.1, 0.15) is 6.92 Å². The number of hydrogen-bond donors (Lipinski definition) is 1. The van der Waals surface area contributed by atoms with Crippen molar-refractivity contribution < 1.29 is 4.74 Å². The Kier molecular flexibility index (Phi) is 6.84. The zero-order valence-corrected chi connectivity index (χ0v) is 19.0. The lowest BCUT2D eigenvalue weighted by molar-refractivity contribution is 0.383. The number of methoxy groups -OCH3 is 1. The molecule has 2 aromatic rings. The Hall–Kier alpha value is -3.49. The van der Waals surface area contributed by atoms with Crippen LogP contribution in [-0.2, 0) is 7.05 Å². The molecule has 0 saturated carbocycles. The number of nitrogen functional groups attached to an aromatic ring is 1. The first kappa shape index (κ1) is 22.2. The van der Waals surface area contributed by atoms with Crippen molar-refractivity contribution in [2.24, 2.45) is 17.0 Å². The van der Waals surface area contributed by atoms with Gasteiger partial charge >= 0.3 is 0 Å². The minimum absolute atomic E-state index is 0.617. The van der Waals surface area contributed by atoms with E-state index in [4.69, 9.17) is 10.5 Å². The maximum absolute atomic E-state index is 6.21. The average Bonchev–Trinajstić information content (AvgIpc) is 3.20. The monoisotopic (exact) mass is 424 g/mol. The lowest BCUT2D eigenvalue weighted by Crippen LogP contribution is -2.48. The fourth-order valence-corrected chi connectivity index (χ4v) is 3.62. The first-order valence-electron chi connectivity index (χ1n) is 10.2. The Morgan fingerprint density at radius 1 is 1.26 bits per heavy atom. The van der Waals surface area contributed by atoms with E-state index in [2.05, 4.69) is 31.6 Å². The smallest absolute Gasteiger partial charge is 0.145 e. The van der Waals surface area contributed by atoms with Gasteiger partial charge in [0.25, 0.3) is 0 Å². The molecule has 9 heteroatoms. The van der Waals surface area contributed by atoms with Gasteiger partial charge in [0.2, 0.25) is 0 Å². The molecule has 2 N–H and O–H groups in total. The van der Waals surface area contributed by atoms with Crippen molar-refractivity contribution in [1.82, 2.24) is 19.6 Å². The fraction of sp³-hybridized carbons (Fsp3) is 0.409. The van der Waals surface area contributed by atoms with Crippen molar-refractivity contribution in [3.63, 3.8) is 0 Å². The summed E-state index contributed by atoms with van der Waals surface area (Å²) in [6, 6.07) is 4.00.